The first-order valence-corrected chi connectivity index (χ1v) is 8.39. The van der Waals surface area contributed by atoms with Gasteiger partial charge >= 0.3 is 0 Å². The van der Waals surface area contributed by atoms with Crippen LogP contribution >= 0.6 is 27.5 Å². The molecule has 0 fully saturated rings. The molecule has 112 valence electrons. The number of hydrogen-bond acceptors (Lipinski definition) is 3. The second kappa shape index (κ2) is 5.82. The Labute approximate surface area is 135 Å². The second-order valence-electron chi connectivity index (χ2n) is 4.39. The number of hydrogen-bond donors (Lipinski definition) is 2. The molecule has 3 N–H and O–H groups in total. The molecule has 2 aromatic rings. The minimum atomic E-state index is -3.93. The van der Waals surface area contributed by atoms with Crippen LogP contribution in [0.4, 0.5) is 15.8 Å². The SMILES string of the molecule is Cc1ccc(S(=O)(=O)Nc2c(Cl)cc(F)cc2Br)c(N)c1. The van der Waals surface area contributed by atoms with Crippen molar-refractivity contribution in [3.63, 3.8) is 0 Å². The van der Waals surface area contributed by atoms with Gasteiger partial charge in [-0.25, -0.2) is 12.8 Å². The topological polar surface area (TPSA) is 72.2 Å². The van der Waals surface area contributed by atoms with Crippen LogP contribution in [0.2, 0.25) is 5.02 Å². The third-order valence-electron chi connectivity index (χ3n) is 2.70. The molecule has 0 heterocycles. The summed E-state index contributed by atoms with van der Waals surface area (Å²) in [6, 6.07) is 6.71. The summed E-state index contributed by atoms with van der Waals surface area (Å²) in [7, 11) is -3.93. The first kappa shape index (κ1) is 16.1. The van der Waals surface area contributed by atoms with Crippen LogP contribution in [0, 0.1) is 12.7 Å². The van der Waals surface area contributed by atoms with E-state index in [1.807, 2.05) is 0 Å². The number of nitrogens with two attached hydrogens (primary N) is 1. The zero-order valence-electron chi connectivity index (χ0n) is 10.8. The summed E-state index contributed by atoms with van der Waals surface area (Å²) in [4.78, 5) is -0.0691. The van der Waals surface area contributed by atoms with Crippen molar-refractivity contribution in [2.75, 3.05) is 10.5 Å². The molecule has 4 nitrogen and oxygen atoms in total. The molecule has 0 amide bonds. The van der Waals surface area contributed by atoms with Gasteiger partial charge in [-0.05, 0) is 52.7 Å². The average Bonchev–Trinajstić information content (AvgIpc) is 2.33. The Morgan fingerprint density at radius 3 is 2.52 bits per heavy atom. The van der Waals surface area contributed by atoms with Gasteiger partial charge in [0.2, 0.25) is 0 Å². The average molecular weight is 394 g/mol. The van der Waals surface area contributed by atoms with E-state index < -0.39 is 15.8 Å². The molecule has 0 bridgehead atoms. The molecule has 2 aromatic carbocycles. The quantitative estimate of drug-likeness (QED) is 0.776. The van der Waals surface area contributed by atoms with Gasteiger partial charge in [0.05, 0.1) is 16.4 Å². The summed E-state index contributed by atoms with van der Waals surface area (Å²) in [5, 5.41) is -0.0591. The normalized spacial score (nSPS) is 11.4. The van der Waals surface area contributed by atoms with Gasteiger partial charge in [0.1, 0.15) is 10.7 Å². The smallest absolute Gasteiger partial charge is 0.264 e. The van der Waals surface area contributed by atoms with Crippen LogP contribution in [0.3, 0.4) is 0 Å². The fourth-order valence-electron chi connectivity index (χ4n) is 1.74. The molecule has 0 aromatic heterocycles. The van der Waals surface area contributed by atoms with Crippen molar-refractivity contribution in [3.05, 3.63) is 51.2 Å². The van der Waals surface area contributed by atoms with Crippen LogP contribution in [0.25, 0.3) is 0 Å². The molecular weight excluding hydrogens is 383 g/mol. The maximum Gasteiger partial charge on any atom is 0.264 e. The molecule has 0 spiro atoms. The van der Waals surface area contributed by atoms with Gasteiger partial charge in [0.25, 0.3) is 10.0 Å². The van der Waals surface area contributed by atoms with Gasteiger partial charge in [0.15, 0.2) is 0 Å². The molecule has 0 aliphatic rings. The van der Waals surface area contributed by atoms with Crippen molar-refractivity contribution in [2.24, 2.45) is 0 Å². The number of anilines is 2. The minimum absolute atomic E-state index is 0.0537. The molecule has 2 rings (SSSR count). The fraction of sp³-hybridized carbons (Fsp3) is 0.0769. The zero-order chi connectivity index (χ0) is 15.8. The highest BCUT2D eigenvalue weighted by atomic mass is 79.9. The molecular formula is C13H11BrClFN2O2S. The van der Waals surface area contributed by atoms with Crippen LogP contribution in [-0.4, -0.2) is 8.42 Å². The van der Waals surface area contributed by atoms with Crippen LogP contribution in [-0.2, 0) is 10.0 Å². The molecule has 0 saturated carbocycles. The van der Waals surface area contributed by atoms with Gasteiger partial charge < -0.3 is 5.73 Å². The van der Waals surface area contributed by atoms with E-state index in [0.717, 1.165) is 17.7 Å². The predicted molar refractivity (Wildman–Crippen MR) is 85.5 cm³/mol. The van der Waals surface area contributed by atoms with Crippen LogP contribution in [0.15, 0.2) is 39.7 Å². The van der Waals surface area contributed by atoms with E-state index >= 15 is 0 Å². The molecule has 21 heavy (non-hydrogen) atoms. The van der Waals surface area contributed by atoms with E-state index in [-0.39, 0.29) is 25.8 Å². The number of nitrogens with one attached hydrogen (secondary N) is 1. The van der Waals surface area contributed by atoms with Crippen LogP contribution in [0.1, 0.15) is 5.56 Å². The Hall–Kier alpha value is -1.31. The minimum Gasteiger partial charge on any atom is -0.398 e. The fourth-order valence-corrected chi connectivity index (χ4v) is 4.04. The standard InChI is InChI=1S/C13H11BrClFN2O2S/c1-7-2-3-12(11(17)4-7)21(19,20)18-13-9(14)5-8(16)6-10(13)15/h2-6,18H,17H2,1H3. The predicted octanol–water partition coefficient (Wildman–Crippen LogP) is 3.93. The third-order valence-corrected chi connectivity index (χ3v) is 5.05. The summed E-state index contributed by atoms with van der Waals surface area (Å²) >= 11 is 8.94. The lowest BCUT2D eigenvalue weighted by Crippen LogP contribution is -2.15. The summed E-state index contributed by atoms with van der Waals surface area (Å²) in [5.41, 5.74) is 6.75. The van der Waals surface area contributed by atoms with E-state index in [1.54, 1.807) is 19.1 Å². The Bertz CT molecular complexity index is 789. The van der Waals surface area contributed by atoms with Crippen molar-refractivity contribution < 1.29 is 12.8 Å². The summed E-state index contributed by atoms with van der Waals surface area (Å²) in [6.45, 7) is 1.80. The number of sulfonamides is 1. The molecule has 0 unspecified atom stereocenters. The third kappa shape index (κ3) is 3.48. The number of nitrogen functional groups attached to an aromatic ring is 1. The molecule has 0 atom stereocenters. The maximum atomic E-state index is 13.2. The number of rotatable bonds is 3. The second-order valence-corrected chi connectivity index (χ2v) is 7.30. The van der Waals surface area contributed by atoms with E-state index in [1.165, 1.54) is 6.07 Å². The molecule has 8 heteroatoms. The van der Waals surface area contributed by atoms with Crippen LogP contribution in [0.5, 0.6) is 0 Å². The van der Waals surface area contributed by atoms with Gasteiger partial charge in [-0.1, -0.05) is 17.7 Å². The number of benzene rings is 2. The zero-order valence-corrected chi connectivity index (χ0v) is 14.0. The van der Waals surface area contributed by atoms with E-state index in [0.29, 0.717) is 0 Å². The van der Waals surface area contributed by atoms with Gasteiger partial charge in [0, 0.05) is 4.47 Å². The first-order chi connectivity index (χ1) is 9.70. The van der Waals surface area contributed by atoms with Crippen molar-refractivity contribution in [3.8, 4) is 0 Å². The van der Waals surface area contributed by atoms with Gasteiger partial charge in [-0.2, -0.15) is 0 Å². The van der Waals surface area contributed by atoms with Gasteiger partial charge in [-0.15, -0.1) is 0 Å². The Morgan fingerprint density at radius 2 is 1.95 bits per heavy atom. The summed E-state index contributed by atoms with van der Waals surface area (Å²) < 4.78 is 40.4. The highest BCUT2D eigenvalue weighted by Crippen LogP contribution is 2.34. The van der Waals surface area contributed by atoms with E-state index in [4.69, 9.17) is 17.3 Å². The molecule has 0 aliphatic carbocycles. The van der Waals surface area contributed by atoms with Crippen molar-refractivity contribution in [1.82, 2.24) is 0 Å². The number of halogens is 3. The summed E-state index contributed by atoms with van der Waals surface area (Å²) in [5.74, 6) is -0.579. The van der Waals surface area contributed by atoms with Crippen LogP contribution < -0.4 is 10.5 Å². The lowest BCUT2D eigenvalue weighted by atomic mass is 10.2. The highest BCUT2D eigenvalue weighted by Gasteiger charge is 2.20. The Morgan fingerprint density at radius 1 is 1.29 bits per heavy atom. The van der Waals surface area contributed by atoms with E-state index in [2.05, 4.69) is 20.7 Å². The molecule has 0 aliphatic heterocycles. The Kier molecular flexibility index (Phi) is 4.46. The van der Waals surface area contributed by atoms with Crippen molar-refractivity contribution >= 4 is 48.9 Å². The van der Waals surface area contributed by atoms with Crippen molar-refractivity contribution in [2.45, 2.75) is 11.8 Å². The first-order valence-electron chi connectivity index (χ1n) is 5.74. The largest absolute Gasteiger partial charge is 0.398 e. The lowest BCUT2D eigenvalue weighted by molar-refractivity contribution is 0.601. The molecule has 0 radical (unpaired) electrons. The highest BCUT2D eigenvalue weighted by molar-refractivity contribution is 9.10. The molecule has 0 saturated heterocycles. The monoisotopic (exact) mass is 392 g/mol. The number of aryl methyl sites for hydroxylation is 1. The Balaban J connectivity index is 2.47. The lowest BCUT2D eigenvalue weighted by Gasteiger charge is -2.13. The van der Waals surface area contributed by atoms with E-state index in [9.17, 15) is 12.8 Å². The van der Waals surface area contributed by atoms with Crippen molar-refractivity contribution in [1.29, 1.82) is 0 Å². The summed E-state index contributed by atoms with van der Waals surface area (Å²) in [6.07, 6.45) is 0. The maximum absolute atomic E-state index is 13.2. The van der Waals surface area contributed by atoms with Gasteiger partial charge in [-0.3, -0.25) is 4.72 Å².